The van der Waals surface area contributed by atoms with E-state index in [9.17, 15) is 14.4 Å². The lowest BCUT2D eigenvalue weighted by Crippen LogP contribution is -2.48. The molecule has 0 spiro atoms. The molecule has 1 aliphatic heterocycles. The SMILES string of the molecule is CCC1(c2ccccc2)NC(=O)N(NC(=O)c2cc3c(s2)CCCCC3)C1=O. The van der Waals surface area contributed by atoms with Crippen molar-refractivity contribution >= 4 is 29.2 Å². The first-order chi connectivity index (χ1) is 13.5. The number of hydrogen-bond donors (Lipinski definition) is 2. The third-order valence-corrected chi connectivity index (χ3v) is 6.81. The fourth-order valence-electron chi connectivity index (χ4n) is 3.97. The van der Waals surface area contributed by atoms with Gasteiger partial charge in [-0.2, -0.15) is 5.01 Å². The zero-order valence-corrected chi connectivity index (χ0v) is 16.6. The number of fused-ring (bicyclic) bond motifs is 1. The normalized spacial score (nSPS) is 21.8. The summed E-state index contributed by atoms with van der Waals surface area (Å²) in [5, 5.41) is 3.60. The Kier molecular flexibility index (Phi) is 4.93. The summed E-state index contributed by atoms with van der Waals surface area (Å²) in [4.78, 5) is 40.2. The third kappa shape index (κ3) is 3.09. The van der Waals surface area contributed by atoms with E-state index < -0.39 is 23.4 Å². The summed E-state index contributed by atoms with van der Waals surface area (Å²) in [6.45, 7) is 1.84. The monoisotopic (exact) mass is 397 g/mol. The summed E-state index contributed by atoms with van der Waals surface area (Å²) in [7, 11) is 0. The summed E-state index contributed by atoms with van der Waals surface area (Å²) in [6.07, 6.45) is 5.84. The number of rotatable bonds is 4. The highest BCUT2D eigenvalue weighted by molar-refractivity contribution is 7.14. The van der Waals surface area contributed by atoms with Crippen molar-refractivity contribution in [3.63, 3.8) is 0 Å². The number of aryl methyl sites for hydroxylation is 2. The number of carbonyl (C=O) groups is 3. The molecule has 1 atom stereocenters. The van der Waals surface area contributed by atoms with E-state index in [0.717, 1.165) is 30.7 Å². The lowest BCUT2D eigenvalue weighted by Gasteiger charge is -2.25. The molecule has 2 heterocycles. The predicted octanol–water partition coefficient (Wildman–Crippen LogP) is 3.52. The highest BCUT2D eigenvalue weighted by Gasteiger charge is 2.52. The van der Waals surface area contributed by atoms with Crippen molar-refractivity contribution in [2.45, 2.75) is 51.0 Å². The van der Waals surface area contributed by atoms with E-state index in [1.54, 1.807) is 0 Å². The quantitative estimate of drug-likeness (QED) is 0.612. The summed E-state index contributed by atoms with van der Waals surface area (Å²) in [5.41, 5.74) is 3.29. The number of imide groups is 1. The maximum Gasteiger partial charge on any atom is 0.344 e. The molecule has 0 radical (unpaired) electrons. The fourth-order valence-corrected chi connectivity index (χ4v) is 5.12. The first-order valence-corrected chi connectivity index (χ1v) is 10.5. The van der Waals surface area contributed by atoms with E-state index in [4.69, 9.17) is 0 Å². The molecule has 1 saturated heterocycles. The molecule has 2 N–H and O–H groups in total. The largest absolute Gasteiger partial charge is 0.344 e. The first-order valence-electron chi connectivity index (χ1n) is 9.70. The maximum atomic E-state index is 13.1. The average molecular weight is 398 g/mol. The molecule has 7 heteroatoms. The molecule has 1 unspecified atom stereocenters. The van der Waals surface area contributed by atoms with Crippen molar-refractivity contribution in [2.24, 2.45) is 0 Å². The number of urea groups is 1. The van der Waals surface area contributed by atoms with Crippen molar-refractivity contribution in [2.75, 3.05) is 0 Å². The van der Waals surface area contributed by atoms with Gasteiger partial charge in [-0.3, -0.25) is 15.0 Å². The Labute approximate surface area is 167 Å². The predicted molar refractivity (Wildman–Crippen MR) is 107 cm³/mol. The lowest BCUT2D eigenvalue weighted by molar-refractivity contribution is -0.133. The van der Waals surface area contributed by atoms with Crippen LogP contribution in [0.5, 0.6) is 0 Å². The number of carbonyl (C=O) groups excluding carboxylic acids is 3. The maximum absolute atomic E-state index is 13.1. The van der Waals surface area contributed by atoms with Gasteiger partial charge in [0.2, 0.25) is 0 Å². The van der Waals surface area contributed by atoms with E-state index in [1.807, 2.05) is 43.3 Å². The topological polar surface area (TPSA) is 78.5 Å². The fraction of sp³-hybridized carbons (Fsp3) is 0.381. The highest BCUT2D eigenvalue weighted by Crippen LogP contribution is 2.32. The molecule has 4 amide bonds. The van der Waals surface area contributed by atoms with Crippen LogP contribution >= 0.6 is 11.3 Å². The molecule has 0 bridgehead atoms. The van der Waals surface area contributed by atoms with Crippen LogP contribution in [-0.2, 0) is 23.2 Å². The van der Waals surface area contributed by atoms with Gasteiger partial charge in [-0.15, -0.1) is 11.3 Å². The molecular weight excluding hydrogens is 374 g/mol. The van der Waals surface area contributed by atoms with Gasteiger partial charge in [0.1, 0.15) is 5.54 Å². The van der Waals surface area contributed by atoms with Crippen molar-refractivity contribution in [3.8, 4) is 0 Å². The van der Waals surface area contributed by atoms with Crippen LogP contribution in [-0.4, -0.2) is 22.9 Å². The van der Waals surface area contributed by atoms with E-state index >= 15 is 0 Å². The summed E-state index contributed by atoms with van der Waals surface area (Å²) in [5.74, 6) is -0.876. The standard InChI is InChI=1S/C21H23N3O3S/c1-2-21(15-10-6-4-7-11-15)19(26)24(20(27)22-21)23-18(25)17-13-14-9-5-3-8-12-16(14)28-17/h4,6-7,10-11,13H,2-3,5,8-9,12H2,1H3,(H,22,27)(H,23,25). The van der Waals surface area contributed by atoms with Gasteiger partial charge in [-0.1, -0.05) is 43.7 Å². The van der Waals surface area contributed by atoms with Gasteiger partial charge < -0.3 is 5.32 Å². The van der Waals surface area contributed by atoms with Gasteiger partial charge in [-0.25, -0.2) is 4.79 Å². The van der Waals surface area contributed by atoms with Gasteiger partial charge in [0.05, 0.1) is 4.88 Å². The van der Waals surface area contributed by atoms with Crippen molar-refractivity contribution < 1.29 is 14.4 Å². The van der Waals surface area contributed by atoms with Gasteiger partial charge in [-0.05, 0) is 49.3 Å². The minimum absolute atomic E-state index is 0.390. The third-order valence-electron chi connectivity index (χ3n) is 5.57. The van der Waals surface area contributed by atoms with Crippen LogP contribution in [0.25, 0.3) is 0 Å². The van der Waals surface area contributed by atoms with Crippen molar-refractivity contribution in [1.82, 2.24) is 15.8 Å². The molecule has 6 nitrogen and oxygen atoms in total. The van der Waals surface area contributed by atoms with Gasteiger partial charge >= 0.3 is 6.03 Å². The van der Waals surface area contributed by atoms with Gasteiger partial charge in [0.15, 0.2) is 0 Å². The van der Waals surface area contributed by atoms with Crippen LogP contribution < -0.4 is 10.7 Å². The molecule has 1 aliphatic carbocycles. The zero-order valence-electron chi connectivity index (χ0n) is 15.8. The number of amides is 4. The highest BCUT2D eigenvalue weighted by atomic mass is 32.1. The number of nitrogens with one attached hydrogen (secondary N) is 2. The van der Waals surface area contributed by atoms with E-state index in [0.29, 0.717) is 16.9 Å². The Balaban J connectivity index is 1.56. The second-order valence-electron chi connectivity index (χ2n) is 7.26. The van der Waals surface area contributed by atoms with Crippen LogP contribution in [0.1, 0.15) is 58.3 Å². The number of nitrogens with zero attached hydrogens (tertiary/aromatic N) is 1. The van der Waals surface area contributed by atoms with Gasteiger partial charge in [0, 0.05) is 4.88 Å². The first kappa shape index (κ1) is 18.7. The molecule has 28 heavy (non-hydrogen) atoms. The number of hydrazine groups is 1. The number of benzene rings is 1. The van der Waals surface area contributed by atoms with Crippen LogP contribution in [0.2, 0.25) is 0 Å². The van der Waals surface area contributed by atoms with Crippen LogP contribution in [0.15, 0.2) is 36.4 Å². The minimum atomic E-state index is -1.15. The number of hydrogen-bond acceptors (Lipinski definition) is 4. The van der Waals surface area contributed by atoms with Crippen LogP contribution in [0, 0.1) is 0 Å². The van der Waals surface area contributed by atoms with Gasteiger partial charge in [0.25, 0.3) is 11.8 Å². The molecule has 2 aliphatic rings. The van der Waals surface area contributed by atoms with E-state index in [2.05, 4.69) is 10.7 Å². The van der Waals surface area contributed by atoms with E-state index in [-0.39, 0.29) is 0 Å². The van der Waals surface area contributed by atoms with E-state index in [1.165, 1.54) is 28.2 Å². The smallest absolute Gasteiger partial charge is 0.318 e. The molecule has 1 fully saturated rings. The summed E-state index contributed by atoms with van der Waals surface area (Å²) < 4.78 is 0. The Morgan fingerprint density at radius 1 is 1.18 bits per heavy atom. The molecule has 146 valence electrons. The minimum Gasteiger partial charge on any atom is -0.318 e. The second-order valence-corrected chi connectivity index (χ2v) is 8.39. The Bertz CT molecular complexity index is 901. The van der Waals surface area contributed by atoms with Crippen LogP contribution in [0.3, 0.4) is 0 Å². The molecule has 0 saturated carbocycles. The molecule has 1 aromatic heterocycles. The molecule has 4 rings (SSSR count). The lowest BCUT2D eigenvalue weighted by atomic mass is 9.87. The van der Waals surface area contributed by atoms with Crippen LogP contribution in [0.4, 0.5) is 4.79 Å². The molecular formula is C21H23N3O3S. The summed E-state index contributed by atoms with van der Waals surface area (Å²) in [6, 6.07) is 10.4. The molecule has 2 aromatic rings. The van der Waals surface area contributed by atoms with Crippen molar-refractivity contribution in [3.05, 3.63) is 57.3 Å². The Morgan fingerprint density at radius 3 is 2.68 bits per heavy atom. The number of thiophene rings is 1. The zero-order chi connectivity index (χ0) is 19.7. The average Bonchev–Trinajstić information content (AvgIpc) is 3.13. The Hall–Kier alpha value is -2.67. The van der Waals surface area contributed by atoms with Crippen molar-refractivity contribution in [1.29, 1.82) is 0 Å². The summed E-state index contributed by atoms with van der Waals surface area (Å²) >= 11 is 1.46. The second kappa shape index (κ2) is 7.39. The Morgan fingerprint density at radius 2 is 1.93 bits per heavy atom. The molecule has 1 aromatic carbocycles.